The molecule has 5 nitrogen and oxygen atoms in total. The number of thiophene rings is 1. The van der Waals surface area contributed by atoms with Crippen LogP contribution < -0.4 is 11.1 Å². The SMILES string of the molecule is CCSc1sc(C(=O)N(C)C)c(N)c1C(=O)NC. The zero-order valence-corrected chi connectivity index (χ0v) is 12.5. The first-order valence-corrected chi connectivity index (χ1v) is 7.23. The van der Waals surface area contributed by atoms with Gasteiger partial charge in [-0.05, 0) is 5.75 Å². The van der Waals surface area contributed by atoms with Gasteiger partial charge in [-0.2, -0.15) is 0 Å². The Balaban J connectivity index is 3.32. The molecule has 1 rings (SSSR count). The lowest BCUT2D eigenvalue weighted by Crippen LogP contribution is -2.23. The number of hydrogen-bond acceptors (Lipinski definition) is 5. The molecule has 0 aliphatic rings. The topological polar surface area (TPSA) is 75.4 Å². The van der Waals surface area contributed by atoms with E-state index in [0.29, 0.717) is 10.4 Å². The van der Waals surface area contributed by atoms with Crippen LogP contribution >= 0.6 is 23.1 Å². The fourth-order valence-electron chi connectivity index (χ4n) is 1.36. The van der Waals surface area contributed by atoms with Gasteiger partial charge in [0, 0.05) is 21.1 Å². The van der Waals surface area contributed by atoms with E-state index in [1.54, 1.807) is 21.1 Å². The van der Waals surface area contributed by atoms with E-state index in [4.69, 9.17) is 5.73 Å². The number of hydrogen-bond donors (Lipinski definition) is 2. The maximum atomic E-state index is 12.0. The molecule has 0 unspecified atom stereocenters. The van der Waals surface area contributed by atoms with Crippen molar-refractivity contribution in [3.8, 4) is 0 Å². The number of anilines is 1. The van der Waals surface area contributed by atoms with Gasteiger partial charge in [0.2, 0.25) is 0 Å². The lowest BCUT2D eigenvalue weighted by atomic mass is 10.2. The number of carbonyl (C=O) groups is 2. The van der Waals surface area contributed by atoms with Crippen LogP contribution in [0.2, 0.25) is 0 Å². The van der Waals surface area contributed by atoms with Crippen molar-refractivity contribution < 1.29 is 9.59 Å². The molecular weight excluding hydrogens is 270 g/mol. The number of nitrogen functional groups attached to an aromatic ring is 1. The fourth-order valence-corrected chi connectivity index (χ4v) is 3.78. The maximum Gasteiger partial charge on any atom is 0.265 e. The second kappa shape index (κ2) is 6.10. The zero-order chi connectivity index (χ0) is 13.9. The molecule has 0 aromatic carbocycles. The molecule has 18 heavy (non-hydrogen) atoms. The molecule has 0 radical (unpaired) electrons. The van der Waals surface area contributed by atoms with E-state index >= 15 is 0 Å². The van der Waals surface area contributed by atoms with Gasteiger partial charge in [0.15, 0.2) is 0 Å². The van der Waals surface area contributed by atoms with Gasteiger partial charge >= 0.3 is 0 Å². The molecule has 0 aliphatic heterocycles. The minimum atomic E-state index is -0.252. The molecule has 0 bridgehead atoms. The molecular formula is C11H17N3O2S2. The van der Waals surface area contributed by atoms with Crippen molar-refractivity contribution >= 4 is 40.6 Å². The molecule has 0 atom stereocenters. The molecule has 0 spiro atoms. The Morgan fingerprint density at radius 3 is 2.50 bits per heavy atom. The Bertz CT molecular complexity index is 469. The molecule has 0 saturated heterocycles. The summed E-state index contributed by atoms with van der Waals surface area (Å²) in [6.45, 7) is 1.99. The van der Waals surface area contributed by atoms with E-state index in [1.807, 2.05) is 6.92 Å². The van der Waals surface area contributed by atoms with Crippen molar-refractivity contribution in [3.05, 3.63) is 10.4 Å². The number of rotatable bonds is 4. The molecule has 0 saturated carbocycles. The molecule has 100 valence electrons. The van der Waals surface area contributed by atoms with E-state index in [-0.39, 0.29) is 17.5 Å². The van der Waals surface area contributed by atoms with Crippen molar-refractivity contribution in [2.75, 3.05) is 32.6 Å². The van der Waals surface area contributed by atoms with Gasteiger partial charge in [-0.3, -0.25) is 9.59 Å². The summed E-state index contributed by atoms with van der Waals surface area (Å²) in [6.07, 6.45) is 0. The zero-order valence-electron chi connectivity index (χ0n) is 10.9. The monoisotopic (exact) mass is 287 g/mol. The third-order valence-electron chi connectivity index (χ3n) is 2.24. The Hall–Kier alpha value is -1.21. The van der Waals surface area contributed by atoms with Crippen molar-refractivity contribution in [3.63, 3.8) is 0 Å². The summed E-state index contributed by atoms with van der Waals surface area (Å²) in [7, 11) is 4.87. The summed E-state index contributed by atoms with van der Waals surface area (Å²) in [5.41, 5.74) is 6.63. The molecule has 1 aromatic heterocycles. The van der Waals surface area contributed by atoms with E-state index in [2.05, 4.69) is 5.32 Å². The highest BCUT2D eigenvalue weighted by Gasteiger charge is 2.25. The van der Waals surface area contributed by atoms with Crippen LogP contribution in [0, 0.1) is 0 Å². The fraction of sp³-hybridized carbons (Fsp3) is 0.455. The van der Waals surface area contributed by atoms with Crippen LogP contribution in [0.4, 0.5) is 5.69 Å². The van der Waals surface area contributed by atoms with Gasteiger partial charge in [0.25, 0.3) is 11.8 Å². The summed E-state index contributed by atoms with van der Waals surface area (Å²) in [4.78, 5) is 25.7. The highest BCUT2D eigenvalue weighted by atomic mass is 32.2. The Morgan fingerprint density at radius 2 is 2.06 bits per heavy atom. The molecule has 1 heterocycles. The number of nitrogens with two attached hydrogens (primary N) is 1. The summed E-state index contributed by atoms with van der Waals surface area (Å²) < 4.78 is 0.791. The number of amides is 2. The normalized spacial score (nSPS) is 10.2. The van der Waals surface area contributed by atoms with Crippen LogP contribution in [0.3, 0.4) is 0 Å². The van der Waals surface area contributed by atoms with Gasteiger partial charge in [-0.1, -0.05) is 6.92 Å². The molecule has 2 amide bonds. The summed E-state index contributed by atoms with van der Waals surface area (Å²) in [6, 6.07) is 0. The Labute approximate surface area is 115 Å². The Kier molecular flexibility index (Phi) is 5.03. The largest absolute Gasteiger partial charge is 0.397 e. The standard InChI is InChI=1S/C11H17N3O2S2/c1-5-17-11-6(9(15)13-2)7(12)8(18-11)10(16)14(3)4/h5,12H2,1-4H3,(H,13,15). The van der Waals surface area contributed by atoms with Crippen LogP contribution in [0.25, 0.3) is 0 Å². The lowest BCUT2D eigenvalue weighted by Gasteiger charge is -2.08. The minimum absolute atomic E-state index is 0.175. The van der Waals surface area contributed by atoms with Crippen molar-refractivity contribution in [2.24, 2.45) is 0 Å². The summed E-state index contributed by atoms with van der Waals surface area (Å²) in [5.74, 6) is 0.391. The van der Waals surface area contributed by atoms with Crippen LogP contribution in [0.1, 0.15) is 27.0 Å². The average molecular weight is 287 g/mol. The van der Waals surface area contributed by atoms with Gasteiger partial charge in [0.05, 0.1) is 15.5 Å². The highest BCUT2D eigenvalue weighted by molar-refractivity contribution is 8.01. The van der Waals surface area contributed by atoms with Crippen molar-refractivity contribution in [1.29, 1.82) is 0 Å². The second-order valence-corrected chi connectivity index (χ2v) is 6.27. The van der Waals surface area contributed by atoms with E-state index in [0.717, 1.165) is 9.96 Å². The van der Waals surface area contributed by atoms with E-state index < -0.39 is 0 Å². The first-order valence-electron chi connectivity index (χ1n) is 5.42. The second-order valence-electron chi connectivity index (χ2n) is 3.72. The van der Waals surface area contributed by atoms with Crippen LogP contribution in [0.5, 0.6) is 0 Å². The van der Waals surface area contributed by atoms with E-state index in [1.165, 1.54) is 28.0 Å². The number of nitrogens with zero attached hydrogens (tertiary/aromatic N) is 1. The first kappa shape index (κ1) is 14.8. The van der Waals surface area contributed by atoms with Crippen LogP contribution in [-0.4, -0.2) is 43.6 Å². The van der Waals surface area contributed by atoms with Crippen molar-refractivity contribution in [2.45, 2.75) is 11.1 Å². The van der Waals surface area contributed by atoms with Gasteiger partial charge in [0.1, 0.15) is 4.88 Å². The van der Waals surface area contributed by atoms with Crippen LogP contribution in [-0.2, 0) is 0 Å². The first-order chi connectivity index (χ1) is 8.43. The smallest absolute Gasteiger partial charge is 0.265 e. The van der Waals surface area contributed by atoms with E-state index in [9.17, 15) is 9.59 Å². The number of nitrogens with one attached hydrogen (secondary N) is 1. The summed E-state index contributed by atoms with van der Waals surface area (Å²) >= 11 is 2.79. The third kappa shape index (κ3) is 2.78. The molecule has 7 heteroatoms. The predicted octanol–water partition coefficient (Wildman–Crippen LogP) is 1.50. The van der Waals surface area contributed by atoms with Gasteiger partial charge in [-0.15, -0.1) is 23.1 Å². The van der Waals surface area contributed by atoms with Gasteiger partial charge in [-0.25, -0.2) is 0 Å². The number of thioether (sulfide) groups is 1. The molecule has 0 fully saturated rings. The molecule has 1 aromatic rings. The van der Waals surface area contributed by atoms with Crippen molar-refractivity contribution in [1.82, 2.24) is 10.2 Å². The molecule has 0 aliphatic carbocycles. The number of carbonyl (C=O) groups excluding carboxylic acids is 2. The van der Waals surface area contributed by atoms with Crippen LogP contribution in [0.15, 0.2) is 4.21 Å². The third-order valence-corrected chi connectivity index (χ3v) is 4.59. The highest BCUT2D eigenvalue weighted by Crippen LogP contribution is 2.38. The average Bonchev–Trinajstić information content (AvgIpc) is 2.65. The Morgan fingerprint density at radius 1 is 1.44 bits per heavy atom. The van der Waals surface area contributed by atoms with Gasteiger partial charge < -0.3 is 16.0 Å². The summed E-state index contributed by atoms with van der Waals surface area (Å²) in [5, 5.41) is 2.55. The quantitative estimate of drug-likeness (QED) is 0.823. The predicted molar refractivity (Wildman–Crippen MR) is 76.5 cm³/mol. The lowest BCUT2D eigenvalue weighted by molar-refractivity contribution is 0.0833. The minimum Gasteiger partial charge on any atom is -0.397 e. The maximum absolute atomic E-state index is 12.0. The molecule has 3 N–H and O–H groups in total.